The summed E-state index contributed by atoms with van der Waals surface area (Å²) >= 11 is 0. The quantitative estimate of drug-likeness (QED) is 0.381. The number of unbranched alkanes of at least 4 members (excludes halogenated alkanes) is 1. The summed E-state index contributed by atoms with van der Waals surface area (Å²) in [5.41, 5.74) is 11.1. The van der Waals surface area contributed by atoms with Crippen LogP contribution in [-0.4, -0.2) is 35.9 Å². The first-order valence-electron chi connectivity index (χ1n) is 6.30. The molecule has 5 nitrogen and oxygen atoms in total. The maximum absolute atomic E-state index is 11.6. The summed E-state index contributed by atoms with van der Waals surface area (Å²) in [6.45, 7) is 1.83. The third-order valence-corrected chi connectivity index (χ3v) is 2.83. The first-order chi connectivity index (χ1) is 8.52. The molecule has 0 saturated heterocycles. The van der Waals surface area contributed by atoms with Crippen LogP contribution in [0.2, 0.25) is 0 Å². The van der Waals surface area contributed by atoms with Crippen LogP contribution in [-0.2, 0) is 9.59 Å². The molecule has 0 saturated carbocycles. The molecule has 0 heterocycles. The molecule has 0 spiro atoms. The van der Waals surface area contributed by atoms with E-state index in [-0.39, 0.29) is 18.2 Å². The fraction of sp³-hybridized carbons (Fsp3) is 0.692. The van der Waals surface area contributed by atoms with Crippen molar-refractivity contribution in [1.29, 1.82) is 0 Å². The standard InChI is InChI=1S/C13H24N2O3/c1-10(17)11(9-16)5-4-7-13(18)12(15)6-2-3-8-14/h4,7,11-12,16H,2-3,5-6,8-9,14-15H2,1H3/b7-4+/t11-,12-/m0/s1. The second-order valence-corrected chi connectivity index (χ2v) is 4.42. The van der Waals surface area contributed by atoms with Crippen LogP contribution in [0, 0.1) is 5.92 Å². The van der Waals surface area contributed by atoms with E-state index in [9.17, 15) is 9.59 Å². The SMILES string of the molecule is CC(=O)[C@H](CO)C/C=C/C(=O)[C@@H](N)CCCCN. The number of rotatable bonds is 10. The molecule has 0 fully saturated rings. The Morgan fingerprint density at radius 2 is 2.00 bits per heavy atom. The minimum atomic E-state index is -0.502. The number of Topliss-reactive ketones (excluding diaryl/α,β-unsaturated/α-hetero) is 1. The van der Waals surface area contributed by atoms with Gasteiger partial charge in [0, 0.05) is 5.92 Å². The predicted octanol–water partition coefficient (Wildman–Crippen LogP) is 0.156. The van der Waals surface area contributed by atoms with Gasteiger partial charge < -0.3 is 16.6 Å². The van der Waals surface area contributed by atoms with E-state index >= 15 is 0 Å². The highest BCUT2D eigenvalue weighted by molar-refractivity contribution is 5.94. The van der Waals surface area contributed by atoms with Gasteiger partial charge in [0.2, 0.25) is 0 Å². The van der Waals surface area contributed by atoms with Crippen molar-refractivity contribution >= 4 is 11.6 Å². The van der Waals surface area contributed by atoms with Crippen molar-refractivity contribution in [3.8, 4) is 0 Å². The molecule has 5 heteroatoms. The minimum absolute atomic E-state index is 0.0816. The van der Waals surface area contributed by atoms with Crippen LogP contribution < -0.4 is 11.5 Å². The highest BCUT2D eigenvalue weighted by Gasteiger charge is 2.12. The summed E-state index contributed by atoms with van der Waals surface area (Å²) in [6.07, 6.45) is 5.70. The molecule has 0 aliphatic heterocycles. The number of allylic oxidation sites excluding steroid dienone is 1. The van der Waals surface area contributed by atoms with E-state index in [0.29, 0.717) is 19.4 Å². The highest BCUT2D eigenvalue weighted by Crippen LogP contribution is 2.05. The third-order valence-electron chi connectivity index (χ3n) is 2.83. The Bertz CT molecular complexity index is 290. The molecule has 0 aromatic rings. The molecular weight excluding hydrogens is 232 g/mol. The number of hydrogen-bond acceptors (Lipinski definition) is 5. The van der Waals surface area contributed by atoms with Gasteiger partial charge >= 0.3 is 0 Å². The lowest BCUT2D eigenvalue weighted by Gasteiger charge is -2.08. The van der Waals surface area contributed by atoms with Gasteiger partial charge in [0.25, 0.3) is 0 Å². The molecule has 18 heavy (non-hydrogen) atoms. The van der Waals surface area contributed by atoms with Crippen LogP contribution in [0.4, 0.5) is 0 Å². The zero-order chi connectivity index (χ0) is 14.0. The minimum Gasteiger partial charge on any atom is -0.396 e. The number of aliphatic hydroxyl groups is 1. The molecule has 0 unspecified atom stereocenters. The first-order valence-corrected chi connectivity index (χ1v) is 6.30. The number of ketones is 2. The molecule has 0 aromatic carbocycles. The number of carbonyl (C=O) groups is 2. The van der Waals surface area contributed by atoms with E-state index in [0.717, 1.165) is 12.8 Å². The Morgan fingerprint density at radius 3 is 2.50 bits per heavy atom. The number of carbonyl (C=O) groups excluding carboxylic acids is 2. The molecule has 0 aliphatic carbocycles. The van der Waals surface area contributed by atoms with Crippen molar-refractivity contribution in [3.63, 3.8) is 0 Å². The van der Waals surface area contributed by atoms with Gasteiger partial charge in [-0.2, -0.15) is 0 Å². The fourth-order valence-electron chi connectivity index (χ4n) is 1.49. The summed E-state index contributed by atoms with van der Waals surface area (Å²) in [6, 6.07) is -0.502. The summed E-state index contributed by atoms with van der Waals surface area (Å²) in [5.74, 6) is -0.656. The summed E-state index contributed by atoms with van der Waals surface area (Å²) in [7, 11) is 0. The van der Waals surface area contributed by atoms with Crippen LogP contribution >= 0.6 is 0 Å². The Balaban J connectivity index is 4.02. The molecule has 0 aromatic heterocycles. The smallest absolute Gasteiger partial charge is 0.172 e. The molecule has 0 rings (SSSR count). The van der Waals surface area contributed by atoms with E-state index in [1.54, 1.807) is 6.08 Å². The Morgan fingerprint density at radius 1 is 1.33 bits per heavy atom. The molecular formula is C13H24N2O3. The predicted molar refractivity (Wildman–Crippen MR) is 70.9 cm³/mol. The van der Waals surface area contributed by atoms with E-state index in [1.807, 2.05) is 0 Å². The number of nitrogens with two attached hydrogens (primary N) is 2. The first kappa shape index (κ1) is 17.0. The van der Waals surface area contributed by atoms with Crippen LogP contribution in [0.1, 0.15) is 32.6 Å². The summed E-state index contributed by atoms with van der Waals surface area (Å²) in [5, 5.41) is 8.94. The van der Waals surface area contributed by atoms with E-state index < -0.39 is 12.0 Å². The van der Waals surface area contributed by atoms with Gasteiger partial charge in [0.1, 0.15) is 5.78 Å². The second kappa shape index (κ2) is 9.94. The van der Waals surface area contributed by atoms with Crippen molar-refractivity contribution in [2.75, 3.05) is 13.2 Å². The van der Waals surface area contributed by atoms with Crippen molar-refractivity contribution in [1.82, 2.24) is 0 Å². The zero-order valence-electron chi connectivity index (χ0n) is 11.0. The number of aliphatic hydroxyl groups excluding tert-OH is 1. The lowest BCUT2D eigenvalue weighted by atomic mass is 10.0. The molecule has 104 valence electrons. The van der Waals surface area contributed by atoms with E-state index in [1.165, 1.54) is 13.0 Å². The average molecular weight is 256 g/mol. The Labute approximate surface area is 108 Å². The topological polar surface area (TPSA) is 106 Å². The van der Waals surface area contributed by atoms with E-state index in [4.69, 9.17) is 16.6 Å². The lowest BCUT2D eigenvalue weighted by Crippen LogP contribution is -2.29. The van der Waals surface area contributed by atoms with Gasteiger partial charge in [-0.1, -0.05) is 12.5 Å². The van der Waals surface area contributed by atoms with Gasteiger partial charge in [-0.25, -0.2) is 0 Å². The van der Waals surface area contributed by atoms with Crippen molar-refractivity contribution in [2.45, 2.75) is 38.6 Å². The summed E-state index contributed by atoms with van der Waals surface area (Å²) < 4.78 is 0. The Hall–Kier alpha value is -1.04. The van der Waals surface area contributed by atoms with Gasteiger partial charge in [0.05, 0.1) is 12.6 Å². The van der Waals surface area contributed by atoms with Gasteiger partial charge in [-0.3, -0.25) is 9.59 Å². The van der Waals surface area contributed by atoms with E-state index in [2.05, 4.69) is 0 Å². The van der Waals surface area contributed by atoms with Crippen LogP contribution in [0.15, 0.2) is 12.2 Å². The normalized spacial score (nSPS) is 14.7. The highest BCUT2D eigenvalue weighted by atomic mass is 16.3. The third kappa shape index (κ3) is 7.32. The molecule has 0 aliphatic rings. The monoisotopic (exact) mass is 256 g/mol. The van der Waals surface area contributed by atoms with Crippen molar-refractivity contribution in [2.24, 2.45) is 17.4 Å². The maximum atomic E-state index is 11.6. The second-order valence-electron chi connectivity index (χ2n) is 4.42. The zero-order valence-corrected chi connectivity index (χ0v) is 11.0. The molecule has 0 amide bonds. The molecule has 0 radical (unpaired) electrons. The summed E-state index contributed by atoms with van der Waals surface area (Å²) in [4.78, 5) is 22.6. The van der Waals surface area contributed by atoms with Crippen LogP contribution in [0.5, 0.6) is 0 Å². The van der Waals surface area contributed by atoms with Crippen LogP contribution in [0.3, 0.4) is 0 Å². The maximum Gasteiger partial charge on any atom is 0.172 e. The lowest BCUT2D eigenvalue weighted by molar-refractivity contribution is -0.122. The Kier molecular flexibility index (Phi) is 9.36. The van der Waals surface area contributed by atoms with Crippen LogP contribution in [0.25, 0.3) is 0 Å². The fourth-order valence-corrected chi connectivity index (χ4v) is 1.49. The van der Waals surface area contributed by atoms with Crippen molar-refractivity contribution < 1.29 is 14.7 Å². The molecule has 2 atom stereocenters. The largest absolute Gasteiger partial charge is 0.396 e. The molecule has 5 N–H and O–H groups in total. The molecule has 0 bridgehead atoms. The average Bonchev–Trinajstić information content (AvgIpc) is 2.34. The van der Waals surface area contributed by atoms with Crippen molar-refractivity contribution in [3.05, 3.63) is 12.2 Å². The van der Waals surface area contributed by atoms with Gasteiger partial charge in [-0.15, -0.1) is 0 Å². The number of hydrogen-bond donors (Lipinski definition) is 3. The van der Waals surface area contributed by atoms with Gasteiger partial charge in [-0.05, 0) is 38.8 Å². The van der Waals surface area contributed by atoms with Gasteiger partial charge in [0.15, 0.2) is 5.78 Å².